The van der Waals surface area contributed by atoms with E-state index in [0.29, 0.717) is 17.9 Å². The maximum Gasteiger partial charge on any atom is 0.257 e. The molecule has 0 aliphatic carbocycles. The Balaban J connectivity index is 1.75. The van der Waals surface area contributed by atoms with Gasteiger partial charge in [0.05, 0.1) is 18.3 Å². The third-order valence-corrected chi connectivity index (χ3v) is 4.20. The quantitative estimate of drug-likeness (QED) is 0.762. The molecular formula is C15H12BrN3OS. The van der Waals surface area contributed by atoms with Gasteiger partial charge in [0.25, 0.3) is 5.91 Å². The van der Waals surface area contributed by atoms with E-state index in [2.05, 4.69) is 26.3 Å². The van der Waals surface area contributed by atoms with Gasteiger partial charge in [-0.2, -0.15) is 16.4 Å². The normalized spacial score (nSPS) is 10.5. The van der Waals surface area contributed by atoms with E-state index in [0.717, 1.165) is 10.0 Å². The lowest BCUT2D eigenvalue weighted by Crippen LogP contribution is -2.15. The highest BCUT2D eigenvalue weighted by molar-refractivity contribution is 9.10. The minimum absolute atomic E-state index is 0.117. The van der Waals surface area contributed by atoms with E-state index < -0.39 is 0 Å². The van der Waals surface area contributed by atoms with Crippen LogP contribution >= 0.6 is 27.3 Å². The maximum absolute atomic E-state index is 12.1. The van der Waals surface area contributed by atoms with Crippen LogP contribution in [0, 0.1) is 0 Å². The second kappa shape index (κ2) is 6.24. The molecule has 0 saturated carbocycles. The summed E-state index contributed by atoms with van der Waals surface area (Å²) in [6.45, 7) is 0.611. The lowest BCUT2D eigenvalue weighted by Gasteiger charge is -2.08. The standard InChI is InChI=1S/C15H12BrN3OS/c16-13-3-1-11(2-4-13)9-19-14(5-7-17-19)18-15(20)12-6-8-21-10-12/h1-8,10H,9H2,(H,18,20). The van der Waals surface area contributed by atoms with Crippen LogP contribution in [0.5, 0.6) is 0 Å². The van der Waals surface area contributed by atoms with Crippen LogP contribution in [-0.2, 0) is 6.54 Å². The van der Waals surface area contributed by atoms with Crippen molar-refractivity contribution in [2.75, 3.05) is 5.32 Å². The van der Waals surface area contributed by atoms with Gasteiger partial charge in [-0.15, -0.1) is 0 Å². The fraction of sp³-hybridized carbons (Fsp3) is 0.0667. The molecule has 1 N–H and O–H groups in total. The number of nitrogens with one attached hydrogen (secondary N) is 1. The highest BCUT2D eigenvalue weighted by Gasteiger charge is 2.10. The number of nitrogens with zero attached hydrogens (tertiary/aromatic N) is 2. The number of rotatable bonds is 4. The third kappa shape index (κ3) is 3.40. The average molecular weight is 362 g/mol. The number of carbonyl (C=O) groups excluding carboxylic acids is 1. The lowest BCUT2D eigenvalue weighted by atomic mass is 10.2. The summed E-state index contributed by atoms with van der Waals surface area (Å²) in [5, 5.41) is 10.9. The summed E-state index contributed by atoms with van der Waals surface area (Å²) in [6, 6.07) is 11.6. The van der Waals surface area contributed by atoms with E-state index in [4.69, 9.17) is 0 Å². The highest BCUT2D eigenvalue weighted by Crippen LogP contribution is 2.15. The van der Waals surface area contributed by atoms with Crippen LogP contribution in [0.4, 0.5) is 5.82 Å². The molecule has 4 nitrogen and oxygen atoms in total. The van der Waals surface area contributed by atoms with E-state index in [-0.39, 0.29) is 5.91 Å². The Morgan fingerprint density at radius 3 is 2.76 bits per heavy atom. The van der Waals surface area contributed by atoms with Crippen LogP contribution in [-0.4, -0.2) is 15.7 Å². The SMILES string of the molecule is O=C(Nc1ccnn1Cc1ccc(Br)cc1)c1ccsc1. The van der Waals surface area contributed by atoms with Gasteiger partial charge in [-0.1, -0.05) is 28.1 Å². The van der Waals surface area contributed by atoms with Crippen LogP contribution in [0.1, 0.15) is 15.9 Å². The molecule has 0 unspecified atom stereocenters. The topological polar surface area (TPSA) is 46.9 Å². The summed E-state index contributed by atoms with van der Waals surface area (Å²) >= 11 is 4.92. The first-order valence-corrected chi connectivity index (χ1v) is 8.06. The van der Waals surface area contributed by atoms with Crippen molar-refractivity contribution in [3.8, 4) is 0 Å². The monoisotopic (exact) mass is 361 g/mol. The molecule has 6 heteroatoms. The summed E-state index contributed by atoms with van der Waals surface area (Å²) in [4.78, 5) is 12.1. The predicted octanol–water partition coefficient (Wildman–Crippen LogP) is 4.01. The molecule has 2 heterocycles. The van der Waals surface area contributed by atoms with Gasteiger partial charge in [0.2, 0.25) is 0 Å². The Hall–Kier alpha value is -1.92. The number of benzene rings is 1. The minimum atomic E-state index is -0.117. The number of thiophene rings is 1. The highest BCUT2D eigenvalue weighted by atomic mass is 79.9. The van der Waals surface area contributed by atoms with Crippen molar-refractivity contribution in [1.29, 1.82) is 0 Å². The Morgan fingerprint density at radius 1 is 1.24 bits per heavy atom. The molecule has 106 valence electrons. The Labute approximate surface area is 134 Å². The zero-order valence-electron chi connectivity index (χ0n) is 11.0. The van der Waals surface area contributed by atoms with E-state index in [9.17, 15) is 4.79 Å². The molecule has 2 aromatic heterocycles. The van der Waals surface area contributed by atoms with Gasteiger partial charge in [-0.05, 0) is 29.1 Å². The van der Waals surface area contributed by atoms with Crippen LogP contribution in [0.3, 0.4) is 0 Å². The zero-order chi connectivity index (χ0) is 14.7. The van der Waals surface area contributed by atoms with Crippen molar-refractivity contribution in [3.05, 3.63) is 69.0 Å². The molecule has 0 atom stereocenters. The molecule has 1 amide bonds. The van der Waals surface area contributed by atoms with E-state index in [1.807, 2.05) is 35.0 Å². The van der Waals surface area contributed by atoms with Crippen LogP contribution in [0.15, 0.2) is 57.8 Å². The predicted molar refractivity (Wildman–Crippen MR) is 87.7 cm³/mol. The summed E-state index contributed by atoms with van der Waals surface area (Å²) in [6.07, 6.45) is 1.68. The van der Waals surface area contributed by atoms with Crippen LogP contribution in [0.25, 0.3) is 0 Å². The first kappa shape index (κ1) is 14.0. The lowest BCUT2D eigenvalue weighted by molar-refractivity contribution is 0.102. The maximum atomic E-state index is 12.1. The van der Waals surface area contributed by atoms with Crippen LogP contribution in [0.2, 0.25) is 0 Å². The summed E-state index contributed by atoms with van der Waals surface area (Å²) in [7, 11) is 0. The van der Waals surface area contributed by atoms with E-state index >= 15 is 0 Å². The van der Waals surface area contributed by atoms with Crippen molar-refractivity contribution in [3.63, 3.8) is 0 Å². The Bertz CT molecular complexity index is 735. The molecule has 3 aromatic rings. The molecule has 0 aliphatic rings. The van der Waals surface area contributed by atoms with Crippen molar-refractivity contribution >= 4 is 39.0 Å². The second-order valence-electron chi connectivity index (χ2n) is 4.47. The molecular weight excluding hydrogens is 350 g/mol. The zero-order valence-corrected chi connectivity index (χ0v) is 13.4. The van der Waals surface area contributed by atoms with Crippen LogP contribution < -0.4 is 5.32 Å². The number of halogens is 1. The van der Waals surface area contributed by atoms with Gasteiger partial charge >= 0.3 is 0 Å². The molecule has 0 fully saturated rings. The van der Waals surface area contributed by atoms with Gasteiger partial charge in [0, 0.05) is 15.9 Å². The molecule has 1 aromatic carbocycles. The number of aromatic nitrogens is 2. The fourth-order valence-electron chi connectivity index (χ4n) is 1.91. The fourth-order valence-corrected chi connectivity index (χ4v) is 2.81. The van der Waals surface area contributed by atoms with Gasteiger partial charge in [0.15, 0.2) is 0 Å². The Morgan fingerprint density at radius 2 is 2.05 bits per heavy atom. The molecule has 21 heavy (non-hydrogen) atoms. The van der Waals surface area contributed by atoms with Gasteiger partial charge in [0.1, 0.15) is 5.82 Å². The molecule has 0 saturated heterocycles. The van der Waals surface area contributed by atoms with Crippen molar-refractivity contribution < 1.29 is 4.79 Å². The first-order chi connectivity index (χ1) is 10.2. The number of amides is 1. The van der Waals surface area contributed by atoms with Gasteiger partial charge < -0.3 is 5.32 Å². The smallest absolute Gasteiger partial charge is 0.257 e. The summed E-state index contributed by atoms with van der Waals surface area (Å²) in [5.41, 5.74) is 1.78. The molecule has 0 bridgehead atoms. The van der Waals surface area contributed by atoms with E-state index in [1.165, 1.54) is 11.3 Å². The summed E-state index contributed by atoms with van der Waals surface area (Å²) < 4.78 is 2.81. The van der Waals surface area contributed by atoms with Gasteiger partial charge in [-0.25, -0.2) is 4.68 Å². The minimum Gasteiger partial charge on any atom is -0.307 e. The second-order valence-corrected chi connectivity index (χ2v) is 6.16. The third-order valence-electron chi connectivity index (χ3n) is 2.99. The first-order valence-electron chi connectivity index (χ1n) is 6.32. The van der Waals surface area contributed by atoms with Crippen molar-refractivity contribution in [2.24, 2.45) is 0 Å². The average Bonchev–Trinajstić information content (AvgIpc) is 3.14. The van der Waals surface area contributed by atoms with Crippen molar-refractivity contribution in [1.82, 2.24) is 9.78 Å². The Kier molecular flexibility index (Phi) is 4.17. The summed E-state index contributed by atoms with van der Waals surface area (Å²) in [5.74, 6) is 0.572. The molecule has 0 radical (unpaired) electrons. The van der Waals surface area contributed by atoms with Gasteiger partial charge in [-0.3, -0.25) is 4.79 Å². The number of carbonyl (C=O) groups is 1. The van der Waals surface area contributed by atoms with E-state index in [1.54, 1.807) is 23.0 Å². The molecule has 0 spiro atoms. The van der Waals surface area contributed by atoms with Crippen molar-refractivity contribution in [2.45, 2.75) is 6.54 Å². The number of hydrogen-bond donors (Lipinski definition) is 1. The molecule has 3 rings (SSSR count). The number of anilines is 1. The largest absolute Gasteiger partial charge is 0.307 e. The number of hydrogen-bond acceptors (Lipinski definition) is 3. The molecule has 0 aliphatic heterocycles.